The number of anilines is 1. The first-order valence-corrected chi connectivity index (χ1v) is 9.30. The molecule has 2 aromatic carbocycles. The SMILES string of the molecule is Cc1cccc(OCCc2nnc(NC(=O)c3cccc(Br)c3)s2)c1. The molecule has 0 saturated heterocycles. The highest BCUT2D eigenvalue weighted by Gasteiger charge is 2.10. The van der Waals surface area contributed by atoms with Crippen LogP contribution in [0.3, 0.4) is 0 Å². The van der Waals surface area contributed by atoms with Gasteiger partial charge in [-0.25, -0.2) is 0 Å². The molecule has 3 rings (SSSR count). The van der Waals surface area contributed by atoms with E-state index in [9.17, 15) is 4.79 Å². The van der Waals surface area contributed by atoms with Crippen LogP contribution in [-0.4, -0.2) is 22.7 Å². The lowest BCUT2D eigenvalue weighted by Crippen LogP contribution is -2.11. The zero-order valence-electron chi connectivity index (χ0n) is 13.5. The number of halogens is 1. The Balaban J connectivity index is 1.53. The summed E-state index contributed by atoms with van der Waals surface area (Å²) in [6.45, 7) is 2.54. The Hall–Kier alpha value is -2.25. The van der Waals surface area contributed by atoms with Crippen molar-refractivity contribution in [3.63, 3.8) is 0 Å². The lowest BCUT2D eigenvalue weighted by Gasteiger charge is -2.05. The van der Waals surface area contributed by atoms with E-state index in [4.69, 9.17) is 4.74 Å². The molecule has 0 aliphatic rings. The monoisotopic (exact) mass is 417 g/mol. The molecule has 25 heavy (non-hydrogen) atoms. The number of hydrogen-bond donors (Lipinski definition) is 1. The Morgan fingerprint density at radius 3 is 2.84 bits per heavy atom. The van der Waals surface area contributed by atoms with Gasteiger partial charge in [0.25, 0.3) is 5.91 Å². The predicted octanol–water partition coefficient (Wildman–Crippen LogP) is 4.48. The van der Waals surface area contributed by atoms with Gasteiger partial charge in [0, 0.05) is 16.5 Å². The molecule has 1 N–H and O–H groups in total. The third-order valence-electron chi connectivity index (χ3n) is 3.35. The Morgan fingerprint density at radius 1 is 1.20 bits per heavy atom. The number of hydrogen-bond acceptors (Lipinski definition) is 5. The average Bonchev–Trinajstić information content (AvgIpc) is 3.02. The fourth-order valence-electron chi connectivity index (χ4n) is 2.17. The predicted molar refractivity (Wildman–Crippen MR) is 102 cm³/mol. The van der Waals surface area contributed by atoms with Gasteiger partial charge in [-0.05, 0) is 42.8 Å². The molecule has 0 aliphatic heterocycles. The molecule has 0 aliphatic carbocycles. The van der Waals surface area contributed by atoms with Crippen LogP contribution in [0.4, 0.5) is 5.13 Å². The molecule has 0 unspecified atom stereocenters. The molecule has 1 amide bonds. The molecule has 5 nitrogen and oxygen atoms in total. The fourth-order valence-corrected chi connectivity index (χ4v) is 3.28. The maximum atomic E-state index is 12.2. The molecule has 0 bridgehead atoms. The summed E-state index contributed by atoms with van der Waals surface area (Å²) in [6.07, 6.45) is 0.637. The van der Waals surface area contributed by atoms with Crippen LogP contribution < -0.4 is 10.1 Å². The van der Waals surface area contributed by atoms with E-state index in [1.165, 1.54) is 11.3 Å². The van der Waals surface area contributed by atoms with Crippen LogP contribution in [0.1, 0.15) is 20.9 Å². The summed E-state index contributed by atoms with van der Waals surface area (Å²) in [6, 6.07) is 15.1. The van der Waals surface area contributed by atoms with Gasteiger partial charge in [-0.2, -0.15) is 0 Å². The number of aromatic nitrogens is 2. The maximum absolute atomic E-state index is 12.2. The van der Waals surface area contributed by atoms with Gasteiger partial charge >= 0.3 is 0 Å². The molecule has 0 saturated carbocycles. The molecule has 0 spiro atoms. The highest BCUT2D eigenvalue weighted by atomic mass is 79.9. The van der Waals surface area contributed by atoms with Crippen molar-refractivity contribution in [2.24, 2.45) is 0 Å². The van der Waals surface area contributed by atoms with Crippen LogP contribution in [0.15, 0.2) is 53.0 Å². The molecular formula is C18H16BrN3O2S. The van der Waals surface area contributed by atoms with Gasteiger partial charge in [-0.15, -0.1) is 10.2 Å². The maximum Gasteiger partial charge on any atom is 0.257 e. The molecule has 1 heterocycles. The molecule has 0 radical (unpaired) electrons. The summed E-state index contributed by atoms with van der Waals surface area (Å²) in [5.41, 5.74) is 1.72. The van der Waals surface area contributed by atoms with Crippen molar-refractivity contribution in [3.8, 4) is 5.75 Å². The number of nitrogens with zero attached hydrogens (tertiary/aromatic N) is 2. The number of benzene rings is 2. The van der Waals surface area contributed by atoms with Crippen LogP contribution in [0.5, 0.6) is 5.75 Å². The summed E-state index contributed by atoms with van der Waals surface area (Å²) in [5.74, 6) is 0.632. The smallest absolute Gasteiger partial charge is 0.257 e. The van der Waals surface area contributed by atoms with Gasteiger partial charge in [0.1, 0.15) is 10.8 Å². The highest BCUT2D eigenvalue weighted by molar-refractivity contribution is 9.10. The summed E-state index contributed by atoms with van der Waals surface area (Å²) in [4.78, 5) is 12.2. The van der Waals surface area contributed by atoms with Crippen molar-refractivity contribution in [1.29, 1.82) is 0 Å². The van der Waals surface area contributed by atoms with E-state index >= 15 is 0 Å². The molecular weight excluding hydrogens is 402 g/mol. The third-order valence-corrected chi connectivity index (χ3v) is 4.74. The second kappa shape index (κ2) is 8.22. The zero-order chi connectivity index (χ0) is 17.6. The summed E-state index contributed by atoms with van der Waals surface area (Å²) < 4.78 is 6.56. The fraction of sp³-hybridized carbons (Fsp3) is 0.167. The van der Waals surface area contributed by atoms with E-state index in [0.717, 1.165) is 20.8 Å². The summed E-state index contributed by atoms with van der Waals surface area (Å²) in [5, 5.41) is 12.2. The van der Waals surface area contributed by atoms with Gasteiger partial charge < -0.3 is 4.74 Å². The number of aryl methyl sites for hydroxylation is 1. The highest BCUT2D eigenvalue weighted by Crippen LogP contribution is 2.19. The number of carbonyl (C=O) groups excluding carboxylic acids is 1. The van der Waals surface area contributed by atoms with Gasteiger partial charge in [-0.1, -0.05) is 45.5 Å². The molecule has 7 heteroatoms. The Bertz CT molecular complexity index is 882. The molecule has 0 fully saturated rings. The molecule has 1 aromatic heterocycles. The van der Waals surface area contributed by atoms with E-state index in [2.05, 4.69) is 31.4 Å². The van der Waals surface area contributed by atoms with Crippen LogP contribution in [-0.2, 0) is 6.42 Å². The summed E-state index contributed by atoms with van der Waals surface area (Å²) >= 11 is 4.71. The van der Waals surface area contributed by atoms with Crippen LogP contribution in [0, 0.1) is 6.92 Å². The standard InChI is InChI=1S/C18H16BrN3O2S/c1-12-4-2-7-15(10-12)24-9-8-16-21-22-18(25-16)20-17(23)13-5-3-6-14(19)11-13/h2-7,10-11H,8-9H2,1H3,(H,20,22,23). The second-order valence-electron chi connectivity index (χ2n) is 5.38. The minimum atomic E-state index is -0.208. The molecule has 128 valence electrons. The van der Waals surface area contributed by atoms with Crippen LogP contribution >= 0.6 is 27.3 Å². The van der Waals surface area contributed by atoms with Crippen molar-refractivity contribution < 1.29 is 9.53 Å². The van der Waals surface area contributed by atoms with E-state index in [1.54, 1.807) is 12.1 Å². The van der Waals surface area contributed by atoms with Gasteiger partial charge in [-0.3, -0.25) is 10.1 Å². The van der Waals surface area contributed by atoms with E-state index < -0.39 is 0 Å². The molecule has 3 aromatic rings. The van der Waals surface area contributed by atoms with E-state index in [-0.39, 0.29) is 5.91 Å². The largest absolute Gasteiger partial charge is 0.493 e. The topological polar surface area (TPSA) is 64.1 Å². The van der Waals surface area contributed by atoms with Crippen molar-refractivity contribution >= 4 is 38.3 Å². The number of amides is 1. The second-order valence-corrected chi connectivity index (χ2v) is 7.36. The average molecular weight is 418 g/mol. The van der Waals surface area contributed by atoms with E-state index in [1.807, 2.05) is 43.3 Å². The van der Waals surface area contributed by atoms with Crippen LogP contribution in [0.2, 0.25) is 0 Å². The van der Waals surface area contributed by atoms with E-state index in [0.29, 0.717) is 23.7 Å². The normalized spacial score (nSPS) is 10.5. The van der Waals surface area contributed by atoms with Gasteiger partial charge in [0.05, 0.1) is 6.61 Å². The number of carbonyl (C=O) groups is 1. The first-order valence-electron chi connectivity index (χ1n) is 7.69. The third kappa shape index (κ3) is 5.11. The van der Waals surface area contributed by atoms with Crippen molar-refractivity contribution in [3.05, 3.63) is 69.1 Å². The Labute approximate surface area is 158 Å². The first kappa shape index (κ1) is 17.6. The number of rotatable bonds is 6. The number of ether oxygens (including phenoxy) is 1. The summed E-state index contributed by atoms with van der Waals surface area (Å²) in [7, 11) is 0. The van der Waals surface area contributed by atoms with Crippen LogP contribution in [0.25, 0.3) is 0 Å². The van der Waals surface area contributed by atoms with Gasteiger partial charge in [0.2, 0.25) is 5.13 Å². The Morgan fingerprint density at radius 2 is 2.04 bits per heavy atom. The minimum Gasteiger partial charge on any atom is -0.493 e. The van der Waals surface area contributed by atoms with Crippen molar-refractivity contribution in [2.45, 2.75) is 13.3 Å². The van der Waals surface area contributed by atoms with Gasteiger partial charge in [0.15, 0.2) is 0 Å². The van der Waals surface area contributed by atoms with Crippen molar-refractivity contribution in [2.75, 3.05) is 11.9 Å². The lowest BCUT2D eigenvalue weighted by molar-refractivity contribution is 0.102. The quantitative estimate of drug-likeness (QED) is 0.641. The first-order chi connectivity index (χ1) is 12.1. The lowest BCUT2D eigenvalue weighted by atomic mass is 10.2. The minimum absolute atomic E-state index is 0.208. The molecule has 0 atom stereocenters. The van der Waals surface area contributed by atoms with Crippen molar-refractivity contribution in [1.82, 2.24) is 10.2 Å². The number of nitrogens with one attached hydrogen (secondary N) is 1. The zero-order valence-corrected chi connectivity index (χ0v) is 15.9. The Kier molecular flexibility index (Phi) is 5.78.